The molecule has 0 spiro atoms. The van der Waals surface area contributed by atoms with Gasteiger partial charge in [0.1, 0.15) is 0 Å². The molecule has 2 fully saturated rings. The summed E-state index contributed by atoms with van der Waals surface area (Å²) in [6, 6.07) is 10.6. The molecule has 0 saturated carbocycles. The Morgan fingerprint density at radius 3 is 2.48 bits per heavy atom. The van der Waals surface area contributed by atoms with E-state index in [0.717, 1.165) is 45.7 Å². The monoisotopic (exact) mass is 401 g/mol. The predicted octanol–water partition coefficient (Wildman–Crippen LogP) is 2.80. The molecule has 5 heteroatoms. The van der Waals surface area contributed by atoms with E-state index in [1.807, 2.05) is 0 Å². The van der Waals surface area contributed by atoms with Gasteiger partial charge in [-0.15, -0.1) is 0 Å². The number of carbonyl (C=O) groups excluding carboxylic acids is 1. The molecule has 1 amide bonds. The highest BCUT2D eigenvalue weighted by atomic mass is 16.5. The Morgan fingerprint density at radius 2 is 1.83 bits per heavy atom. The highest BCUT2D eigenvalue weighted by Crippen LogP contribution is 2.20. The highest BCUT2D eigenvalue weighted by Gasteiger charge is 2.34. The first-order chi connectivity index (χ1) is 13.9. The number of hydrogen-bond donors (Lipinski definition) is 1. The van der Waals surface area contributed by atoms with Gasteiger partial charge in [0, 0.05) is 32.7 Å². The van der Waals surface area contributed by atoms with Crippen molar-refractivity contribution in [3.8, 4) is 0 Å². The van der Waals surface area contributed by atoms with Crippen LogP contribution in [0.2, 0.25) is 0 Å². The number of benzene rings is 1. The highest BCUT2D eigenvalue weighted by molar-refractivity contribution is 5.82. The lowest BCUT2D eigenvalue weighted by atomic mass is 9.99. The Labute approximate surface area is 176 Å². The lowest BCUT2D eigenvalue weighted by Crippen LogP contribution is -2.57. The summed E-state index contributed by atoms with van der Waals surface area (Å²) in [5.41, 5.74) is 1.40. The van der Waals surface area contributed by atoms with Gasteiger partial charge >= 0.3 is 0 Å². The quantitative estimate of drug-likeness (QED) is 0.728. The van der Waals surface area contributed by atoms with Gasteiger partial charge < -0.3 is 15.0 Å². The molecule has 2 heterocycles. The third-order valence-corrected chi connectivity index (χ3v) is 6.24. The molecular weight excluding hydrogens is 362 g/mol. The molecule has 0 radical (unpaired) electrons. The van der Waals surface area contributed by atoms with Crippen LogP contribution in [0.3, 0.4) is 0 Å². The minimum absolute atomic E-state index is 0.0700. The number of amides is 1. The fourth-order valence-electron chi connectivity index (χ4n) is 4.90. The summed E-state index contributed by atoms with van der Waals surface area (Å²) in [4.78, 5) is 17.9. The molecule has 1 N–H and O–H groups in total. The molecule has 4 atom stereocenters. The Hall–Kier alpha value is -1.43. The van der Waals surface area contributed by atoms with Crippen LogP contribution in [-0.2, 0) is 16.0 Å². The van der Waals surface area contributed by atoms with Crippen LogP contribution < -0.4 is 5.32 Å². The minimum Gasteiger partial charge on any atom is -0.373 e. The number of morpholine rings is 1. The number of rotatable bonds is 8. The average Bonchev–Trinajstić information content (AvgIpc) is 3.12. The van der Waals surface area contributed by atoms with Crippen LogP contribution in [0, 0.1) is 11.8 Å². The van der Waals surface area contributed by atoms with E-state index in [2.05, 4.69) is 73.1 Å². The van der Waals surface area contributed by atoms with E-state index in [9.17, 15) is 4.79 Å². The van der Waals surface area contributed by atoms with E-state index in [1.54, 1.807) is 0 Å². The molecule has 162 valence electrons. The molecule has 0 aliphatic carbocycles. The third-order valence-electron chi connectivity index (χ3n) is 6.24. The normalized spacial score (nSPS) is 27.3. The van der Waals surface area contributed by atoms with E-state index in [4.69, 9.17) is 4.74 Å². The number of ether oxygens (including phenoxy) is 1. The molecule has 3 rings (SSSR count). The van der Waals surface area contributed by atoms with E-state index in [1.165, 1.54) is 12.0 Å². The van der Waals surface area contributed by atoms with Crippen molar-refractivity contribution in [1.29, 1.82) is 0 Å². The third kappa shape index (κ3) is 6.53. The summed E-state index contributed by atoms with van der Waals surface area (Å²) >= 11 is 0. The Balaban J connectivity index is 1.44. The van der Waals surface area contributed by atoms with Gasteiger partial charge in [-0.05, 0) is 50.6 Å². The summed E-state index contributed by atoms with van der Waals surface area (Å²) in [5.74, 6) is 1.03. The number of nitrogens with one attached hydrogen (secondary N) is 1. The Morgan fingerprint density at radius 1 is 1.14 bits per heavy atom. The molecular formula is C24H39N3O2. The van der Waals surface area contributed by atoms with Gasteiger partial charge in [-0.2, -0.15) is 0 Å². The van der Waals surface area contributed by atoms with Crippen LogP contribution in [0.1, 0.15) is 39.7 Å². The first kappa shape index (κ1) is 22.3. The molecule has 4 unspecified atom stereocenters. The first-order valence-electron chi connectivity index (χ1n) is 11.4. The smallest absolute Gasteiger partial charge is 0.237 e. The van der Waals surface area contributed by atoms with E-state index in [-0.39, 0.29) is 24.2 Å². The fourth-order valence-corrected chi connectivity index (χ4v) is 4.90. The summed E-state index contributed by atoms with van der Waals surface area (Å²) < 4.78 is 5.86. The average molecular weight is 402 g/mol. The molecule has 29 heavy (non-hydrogen) atoms. The SMILES string of the molecule is CC1CN(C(C(=O)NCC2CCN(CCc3ccccc3)C2)C(C)C)CC(C)O1. The zero-order valence-corrected chi connectivity index (χ0v) is 18.6. The van der Waals surface area contributed by atoms with Gasteiger partial charge in [0.2, 0.25) is 5.91 Å². The van der Waals surface area contributed by atoms with Crippen molar-refractivity contribution in [2.45, 2.75) is 58.8 Å². The molecule has 2 aliphatic heterocycles. The maximum Gasteiger partial charge on any atom is 0.237 e. The molecule has 1 aromatic rings. The Bertz CT molecular complexity index is 626. The van der Waals surface area contributed by atoms with Gasteiger partial charge in [0.05, 0.1) is 18.2 Å². The van der Waals surface area contributed by atoms with Gasteiger partial charge in [0.25, 0.3) is 0 Å². The van der Waals surface area contributed by atoms with Crippen LogP contribution in [0.15, 0.2) is 30.3 Å². The molecule has 2 aliphatic rings. The zero-order valence-electron chi connectivity index (χ0n) is 18.6. The van der Waals surface area contributed by atoms with Crippen LogP contribution in [0.25, 0.3) is 0 Å². The van der Waals surface area contributed by atoms with Crippen LogP contribution in [0.4, 0.5) is 0 Å². The van der Waals surface area contributed by atoms with Gasteiger partial charge in [-0.3, -0.25) is 9.69 Å². The minimum atomic E-state index is -0.0700. The first-order valence-corrected chi connectivity index (χ1v) is 11.4. The van der Waals surface area contributed by atoms with E-state index in [0.29, 0.717) is 11.8 Å². The van der Waals surface area contributed by atoms with Crippen molar-refractivity contribution in [2.24, 2.45) is 11.8 Å². The van der Waals surface area contributed by atoms with Crippen LogP contribution in [0.5, 0.6) is 0 Å². The second kappa shape index (κ2) is 10.6. The number of likely N-dealkylation sites (tertiary alicyclic amines) is 1. The largest absolute Gasteiger partial charge is 0.373 e. The maximum absolute atomic E-state index is 13.0. The molecule has 0 aromatic heterocycles. The van der Waals surface area contributed by atoms with Gasteiger partial charge in [-0.25, -0.2) is 0 Å². The standard InChI is InChI=1S/C24H39N3O2/c1-18(2)23(27-15-19(3)29-20(4)16-27)24(28)25-14-22-11-13-26(17-22)12-10-21-8-6-5-7-9-21/h5-9,18-20,22-23H,10-17H2,1-4H3,(H,25,28). The maximum atomic E-state index is 13.0. The second-order valence-electron chi connectivity index (χ2n) is 9.34. The second-order valence-corrected chi connectivity index (χ2v) is 9.34. The van der Waals surface area contributed by atoms with Crippen LogP contribution in [-0.4, -0.2) is 73.2 Å². The van der Waals surface area contributed by atoms with Crippen molar-refractivity contribution in [2.75, 3.05) is 39.3 Å². The zero-order chi connectivity index (χ0) is 20.8. The molecule has 5 nitrogen and oxygen atoms in total. The number of hydrogen-bond acceptors (Lipinski definition) is 4. The van der Waals surface area contributed by atoms with E-state index < -0.39 is 0 Å². The number of carbonyl (C=O) groups is 1. The van der Waals surface area contributed by atoms with Crippen LogP contribution >= 0.6 is 0 Å². The summed E-state index contributed by atoms with van der Waals surface area (Å²) in [5, 5.41) is 3.28. The van der Waals surface area contributed by atoms with Gasteiger partial charge in [-0.1, -0.05) is 44.2 Å². The van der Waals surface area contributed by atoms with Crippen molar-refractivity contribution in [3.05, 3.63) is 35.9 Å². The van der Waals surface area contributed by atoms with Crippen molar-refractivity contribution < 1.29 is 9.53 Å². The molecule has 2 saturated heterocycles. The number of nitrogens with zero attached hydrogens (tertiary/aromatic N) is 2. The topological polar surface area (TPSA) is 44.8 Å². The lowest BCUT2D eigenvalue weighted by Gasteiger charge is -2.41. The van der Waals surface area contributed by atoms with Gasteiger partial charge in [0.15, 0.2) is 0 Å². The molecule has 0 bridgehead atoms. The fraction of sp³-hybridized carbons (Fsp3) is 0.708. The lowest BCUT2D eigenvalue weighted by molar-refractivity contribution is -0.135. The predicted molar refractivity (Wildman–Crippen MR) is 118 cm³/mol. The molecule has 1 aromatic carbocycles. The summed E-state index contributed by atoms with van der Waals surface area (Å²) in [6.45, 7) is 14.3. The van der Waals surface area contributed by atoms with Crippen molar-refractivity contribution >= 4 is 5.91 Å². The summed E-state index contributed by atoms with van der Waals surface area (Å²) in [6.07, 6.45) is 2.64. The summed E-state index contributed by atoms with van der Waals surface area (Å²) in [7, 11) is 0. The Kier molecular flexibility index (Phi) is 8.10. The van der Waals surface area contributed by atoms with Crippen molar-refractivity contribution in [1.82, 2.24) is 15.1 Å². The van der Waals surface area contributed by atoms with Crippen molar-refractivity contribution in [3.63, 3.8) is 0 Å². The van der Waals surface area contributed by atoms with E-state index >= 15 is 0 Å².